The molecule has 1 N–H and O–H groups in total. The van der Waals surface area contributed by atoms with Gasteiger partial charge in [-0.15, -0.1) is 0 Å². The van der Waals surface area contributed by atoms with Crippen molar-refractivity contribution in [2.75, 3.05) is 20.8 Å². The molecule has 6 nitrogen and oxygen atoms in total. The van der Waals surface area contributed by atoms with E-state index in [2.05, 4.69) is 5.32 Å². The summed E-state index contributed by atoms with van der Waals surface area (Å²) in [6.07, 6.45) is 0. The number of hydrogen-bond acceptors (Lipinski definition) is 5. The zero-order chi connectivity index (χ0) is 21.3. The number of para-hydroxylation sites is 1. The topological polar surface area (TPSA) is 73.9 Å². The number of ether oxygens (including phenoxy) is 3. The molecule has 154 valence electrons. The summed E-state index contributed by atoms with van der Waals surface area (Å²) in [5, 5.41) is 2.93. The van der Waals surface area contributed by atoms with Gasteiger partial charge in [-0.3, -0.25) is 4.79 Å². The highest BCUT2D eigenvalue weighted by atomic mass is 16.5. The highest BCUT2D eigenvalue weighted by Crippen LogP contribution is 2.24. The fourth-order valence-electron chi connectivity index (χ4n) is 3.03. The molecule has 0 fully saturated rings. The van der Waals surface area contributed by atoms with E-state index in [0.29, 0.717) is 5.75 Å². The Morgan fingerprint density at radius 1 is 0.800 bits per heavy atom. The number of nitrogens with one attached hydrogen (secondary N) is 1. The van der Waals surface area contributed by atoms with Crippen LogP contribution in [0.5, 0.6) is 11.5 Å². The van der Waals surface area contributed by atoms with Crippen molar-refractivity contribution in [1.82, 2.24) is 5.32 Å². The van der Waals surface area contributed by atoms with Gasteiger partial charge in [0.2, 0.25) is 0 Å². The molecule has 0 aliphatic rings. The SMILES string of the molecule is COc1ccc([C@H](NC(=O)COC(=O)c2ccccc2OC)c2ccccc2)cc1. The molecule has 0 unspecified atom stereocenters. The van der Waals surface area contributed by atoms with Crippen molar-refractivity contribution >= 4 is 11.9 Å². The van der Waals surface area contributed by atoms with Crippen molar-refractivity contribution < 1.29 is 23.8 Å². The van der Waals surface area contributed by atoms with Gasteiger partial charge < -0.3 is 19.5 Å². The van der Waals surface area contributed by atoms with Gasteiger partial charge in [-0.25, -0.2) is 4.79 Å². The minimum absolute atomic E-state index is 0.266. The average molecular weight is 405 g/mol. The second-order valence-electron chi connectivity index (χ2n) is 6.46. The minimum atomic E-state index is -0.622. The average Bonchev–Trinajstić information content (AvgIpc) is 2.81. The van der Waals surface area contributed by atoms with Crippen molar-refractivity contribution in [2.45, 2.75) is 6.04 Å². The van der Waals surface area contributed by atoms with Crippen molar-refractivity contribution in [3.05, 3.63) is 95.6 Å². The number of carbonyl (C=O) groups excluding carboxylic acids is 2. The van der Waals surface area contributed by atoms with E-state index in [1.807, 2.05) is 54.6 Å². The fraction of sp³-hybridized carbons (Fsp3) is 0.167. The first kappa shape index (κ1) is 20.9. The van der Waals surface area contributed by atoms with E-state index < -0.39 is 24.5 Å². The Morgan fingerprint density at radius 3 is 2.10 bits per heavy atom. The molecule has 1 amide bonds. The summed E-state index contributed by atoms with van der Waals surface area (Å²) >= 11 is 0. The molecule has 0 aromatic heterocycles. The number of amides is 1. The number of benzene rings is 3. The third-order valence-electron chi connectivity index (χ3n) is 4.55. The first-order chi connectivity index (χ1) is 14.6. The summed E-state index contributed by atoms with van der Waals surface area (Å²) in [4.78, 5) is 24.9. The lowest BCUT2D eigenvalue weighted by Crippen LogP contribution is -2.33. The number of hydrogen-bond donors (Lipinski definition) is 1. The van der Waals surface area contributed by atoms with E-state index in [4.69, 9.17) is 14.2 Å². The molecule has 0 saturated carbocycles. The van der Waals surface area contributed by atoms with E-state index >= 15 is 0 Å². The smallest absolute Gasteiger partial charge is 0.342 e. The van der Waals surface area contributed by atoms with Gasteiger partial charge in [-0.05, 0) is 35.4 Å². The number of carbonyl (C=O) groups is 2. The molecular weight excluding hydrogens is 382 g/mol. The zero-order valence-electron chi connectivity index (χ0n) is 16.8. The lowest BCUT2D eigenvalue weighted by atomic mass is 9.98. The zero-order valence-corrected chi connectivity index (χ0v) is 16.8. The first-order valence-corrected chi connectivity index (χ1v) is 9.40. The monoisotopic (exact) mass is 405 g/mol. The Kier molecular flexibility index (Phi) is 7.05. The molecule has 0 aliphatic heterocycles. The largest absolute Gasteiger partial charge is 0.497 e. The second kappa shape index (κ2) is 10.1. The van der Waals surface area contributed by atoms with Gasteiger partial charge in [-0.2, -0.15) is 0 Å². The minimum Gasteiger partial charge on any atom is -0.497 e. The normalized spacial score (nSPS) is 11.3. The molecular formula is C24H23NO5. The molecule has 0 saturated heterocycles. The van der Waals surface area contributed by atoms with Crippen LogP contribution in [0.4, 0.5) is 0 Å². The molecule has 3 rings (SSSR count). The molecule has 0 heterocycles. The van der Waals surface area contributed by atoms with Crippen LogP contribution in [0, 0.1) is 0 Å². The Bertz CT molecular complexity index is 986. The lowest BCUT2D eigenvalue weighted by Gasteiger charge is -2.20. The van der Waals surface area contributed by atoms with E-state index in [-0.39, 0.29) is 5.56 Å². The van der Waals surface area contributed by atoms with Gasteiger partial charge in [0.1, 0.15) is 17.1 Å². The second-order valence-corrected chi connectivity index (χ2v) is 6.46. The Morgan fingerprint density at radius 2 is 1.43 bits per heavy atom. The van der Waals surface area contributed by atoms with Crippen molar-refractivity contribution in [2.24, 2.45) is 0 Å². The maximum atomic E-state index is 12.6. The molecule has 30 heavy (non-hydrogen) atoms. The predicted molar refractivity (Wildman–Crippen MR) is 113 cm³/mol. The summed E-state index contributed by atoms with van der Waals surface area (Å²) in [7, 11) is 3.07. The summed E-state index contributed by atoms with van der Waals surface area (Å²) < 4.78 is 15.6. The maximum Gasteiger partial charge on any atom is 0.342 e. The van der Waals surface area contributed by atoms with Gasteiger partial charge in [0, 0.05) is 0 Å². The van der Waals surface area contributed by atoms with Gasteiger partial charge in [0.25, 0.3) is 5.91 Å². The van der Waals surface area contributed by atoms with E-state index in [0.717, 1.165) is 16.9 Å². The summed E-state index contributed by atoms with van der Waals surface area (Å²) in [6.45, 7) is -0.406. The van der Waals surface area contributed by atoms with E-state index in [9.17, 15) is 9.59 Å². The van der Waals surface area contributed by atoms with Crippen LogP contribution in [-0.2, 0) is 9.53 Å². The van der Waals surface area contributed by atoms with Crippen molar-refractivity contribution in [3.8, 4) is 11.5 Å². The quantitative estimate of drug-likeness (QED) is 0.578. The number of rotatable bonds is 8. The molecule has 3 aromatic carbocycles. The van der Waals surface area contributed by atoms with Crippen LogP contribution in [0.3, 0.4) is 0 Å². The molecule has 3 aromatic rings. The van der Waals surface area contributed by atoms with Crippen LogP contribution in [0.1, 0.15) is 27.5 Å². The lowest BCUT2D eigenvalue weighted by molar-refractivity contribution is -0.124. The van der Waals surface area contributed by atoms with Gasteiger partial charge in [0.05, 0.1) is 20.3 Å². The molecule has 0 spiro atoms. The molecule has 0 bridgehead atoms. The van der Waals surface area contributed by atoms with Crippen molar-refractivity contribution in [3.63, 3.8) is 0 Å². The van der Waals surface area contributed by atoms with E-state index in [1.165, 1.54) is 7.11 Å². The maximum absolute atomic E-state index is 12.6. The Hall–Kier alpha value is -3.80. The van der Waals surface area contributed by atoms with Gasteiger partial charge >= 0.3 is 5.97 Å². The summed E-state index contributed by atoms with van der Waals surface area (Å²) in [5.74, 6) is 0.0807. The third kappa shape index (κ3) is 5.17. The number of esters is 1. The molecule has 1 atom stereocenters. The van der Waals surface area contributed by atoms with Crippen LogP contribution < -0.4 is 14.8 Å². The standard InChI is InChI=1S/C24H23NO5/c1-28-19-14-12-18(13-15-19)23(17-8-4-3-5-9-17)25-22(26)16-30-24(27)20-10-6-7-11-21(20)29-2/h3-15,23H,16H2,1-2H3,(H,25,26)/t23-/m1/s1. The van der Waals surface area contributed by atoms with E-state index in [1.54, 1.807) is 31.4 Å². The predicted octanol–water partition coefficient (Wildman–Crippen LogP) is 3.77. The Balaban J connectivity index is 1.71. The highest BCUT2D eigenvalue weighted by Gasteiger charge is 2.19. The molecule has 6 heteroatoms. The summed E-state index contributed by atoms with van der Waals surface area (Å²) in [6, 6.07) is 23.3. The van der Waals surface area contributed by atoms with Gasteiger partial charge in [-0.1, -0.05) is 54.6 Å². The van der Waals surface area contributed by atoms with Crippen LogP contribution in [0.15, 0.2) is 78.9 Å². The fourth-order valence-corrected chi connectivity index (χ4v) is 3.03. The summed E-state index contributed by atoms with van der Waals surface area (Å²) in [5.41, 5.74) is 2.06. The van der Waals surface area contributed by atoms with Crippen LogP contribution in [-0.4, -0.2) is 32.7 Å². The third-order valence-corrected chi connectivity index (χ3v) is 4.55. The van der Waals surface area contributed by atoms with Crippen molar-refractivity contribution in [1.29, 1.82) is 0 Å². The van der Waals surface area contributed by atoms with Crippen LogP contribution in [0.2, 0.25) is 0 Å². The number of methoxy groups -OCH3 is 2. The van der Waals surface area contributed by atoms with Gasteiger partial charge in [0.15, 0.2) is 6.61 Å². The Labute approximate surface area is 175 Å². The molecule has 0 aliphatic carbocycles. The molecule has 0 radical (unpaired) electrons. The highest BCUT2D eigenvalue weighted by molar-refractivity contribution is 5.94. The van der Waals surface area contributed by atoms with Crippen LogP contribution >= 0.6 is 0 Å². The van der Waals surface area contributed by atoms with Crippen LogP contribution in [0.25, 0.3) is 0 Å². The first-order valence-electron chi connectivity index (χ1n) is 9.40.